The number of carbonyl (C=O) groups excluding carboxylic acids is 3. The topological polar surface area (TPSA) is 78.9 Å². The lowest BCUT2D eigenvalue weighted by atomic mass is 10.1. The Bertz CT molecular complexity index is 1300. The van der Waals surface area contributed by atoms with Crippen molar-refractivity contribution in [3.05, 3.63) is 97.2 Å². The lowest BCUT2D eigenvalue weighted by Crippen LogP contribution is -2.30. The average Bonchev–Trinajstić information content (AvgIpc) is 3.29. The molecule has 0 aliphatic heterocycles. The van der Waals surface area contributed by atoms with E-state index >= 15 is 0 Å². The van der Waals surface area contributed by atoms with Crippen molar-refractivity contribution in [2.75, 3.05) is 13.2 Å². The molecule has 0 saturated carbocycles. The van der Waals surface area contributed by atoms with Gasteiger partial charge in [-0.25, -0.2) is 0 Å². The highest BCUT2D eigenvalue weighted by Gasteiger charge is 2.19. The molecular formula is C58H96O6. The van der Waals surface area contributed by atoms with Gasteiger partial charge in [-0.1, -0.05) is 208 Å². The number of hydrogen-bond acceptors (Lipinski definition) is 6. The van der Waals surface area contributed by atoms with Crippen LogP contribution in [0.4, 0.5) is 0 Å². The Morgan fingerprint density at radius 1 is 0.344 bits per heavy atom. The van der Waals surface area contributed by atoms with Crippen LogP contribution in [-0.2, 0) is 28.6 Å². The van der Waals surface area contributed by atoms with E-state index in [4.69, 9.17) is 14.2 Å². The van der Waals surface area contributed by atoms with E-state index in [-0.39, 0.29) is 37.5 Å². The molecule has 0 fully saturated rings. The average molecular weight is 889 g/mol. The Balaban J connectivity index is 4.51. The van der Waals surface area contributed by atoms with E-state index < -0.39 is 6.10 Å². The summed E-state index contributed by atoms with van der Waals surface area (Å²) in [6.07, 6.45) is 68.2. The second kappa shape index (κ2) is 52.0. The second-order valence-corrected chi connectivity index (χ2v) is 17.1. The largest absolute Gasteiger partial charge is 0.462 e. The zero-order valence-electron chi connectivity index (χ0n) is 41.5. The summed E-state index contributed by atoms with van der Waals surface area (Å²) in [4.78, 5) is 38.0. The standard InChI is InChI=1S/C58H96O6/c1-4-7-10-13-16-19-22-25-27-29-30-32-33-36-39-42-45-48-51-57(60)63-54-55(53-62-56(59)50-47-44-41-38-35-24-21-18-15-12-9-6-3)64-58(61)52-49-46-43-40-37-34-31-28-26-23-20-17-14-11-8-5-2/h9,12,18,21-22,25,27-32,34-35,37-38,55H,4-8,10-11,13-17,19-20,23-24,26,33,36,39-54H2,1-3H3/b12-9-,21-18-,25-22-,29-27-,31-28-,32-30-,37-34-,38-35-. The summed E-state index contributed by atoms with van der Waals surface area (Å²) in [6.45, 7) is 6.42. The molecule has 0 spiro atoms. The molecule has 0 bridgehead atoms. The Labute approximate surface area is 394 Å². The first-order chi connectivity index (χ1) is 31.5. The normalized spacial score (nSPS) is 12.9. The van der Waals surface area contributed by atoms with Crippen molar-refractivity contribution >= 4 is 17.9 Å². The van der Waals surface area contributed by atoms with Gasteiger partial charge < -0.3 is 14.2 Å². The molecule has 6 nitrogen and oxygen atoms in total. The van der Waals surface area contributed by atoms with Gasteiger partial charge in [0.15, 0.2) is 6.10 Å². The number of hydrogen-bond donors (Lipinski definition) is 0. The SMILES string of the molecule is CC/C=C\C/C=C\C/C=C\CCCCC(=O)OCC(COC(=O)CCCCCCC\C=C/C=C\C=C/CCCCCCC)OC(=O)CCCCC/C=C\C=C/CCCCCCCCC. The number of rotatable bonds is 46. The van der Waals surface area contributed by atoms with Crippen LogP contribution in [0.15, 0.2) is 97.2 Å². The molecule has 0 N–H and O–H groups in total. The van der Waals surface area contributed by atoms with Crippen LogP contribution in [0.3, 0.4) is 0 Å². The monoisotopic (exact) mass is 889 g/mol. The Kier molecular flexibility index (Phi) is 49.0. The molecule has 0 aromatic rings. The maximum absolute atomic E-state index is 12.8. The minimum Gasteiger partial charge on any atom is -0.462 e. The van der Waals surface area contributed by atoms with Crippen molar-refractivity contribution in [3.8, 4) is 0 Å². The van der Waals surface area contributed by atoms with Crippen LogP contribution >= 0.6 is 0 Å². The molecule has 0 aliphatic rings. The third kappa shape index (κ3) is 49.3. The van der Waals surface area contributed by atoms with Gasteiger partial charge in [0.1, 0.15) is 13.2 Å². The fourth-order valence-electron chi connectivity index (χ4n) is 6.92. The van der Waals surface area contributed by atoms with Crippen LogP contribution in [0.1, 0.15) is 233 Å². The second-order valence-electron chi connectivity index (χ2n) is 17.1. The predicted molar refractivity (Wildman–Crippen MR) is 274 cm³/mol. The van der Waals surface area contributed by atoms with Crippen LogP contribution in [0.25, 0.3) is 0 Å². The molecule has 0 rings (SSSR count). The Morgan fingerprint density at radius 3 is 1.14 bits per heavy atom. The van der Waals surface area contributed by atoms with Crippen LogP contribution in [0.2, 0.25) is 0 Å². The molecule has 0 aromatic carbocycles. The van der Waals surface area contributed by atoms with Crippen LogP contribution in [0.5, 0.6) is 0 Å². The first-order valence-electron chi connectivity index (χ1n) is 26.3. The van der Waals surface area contributed by atoms with Gasteiger partial charge in [-0.2, -0.15) is 0 Å². The van der Waals surface area contributed by atoms with Crippen molar-refractivity contribution < 1.29 is 28.6 Å². The number of unbranched alkanes of at least 4 members (excludes halogenated alkanes) is 22. The third-order valence-electron chi connectivity index (χ3n) is 10.9. The van der Waals surface area contributed by atoms with Crippen molar-refractivity contribution in [2.24, 2.45) is 0 Å². The summed E-state index contributed by atoms with van der Waals surface area (Å²) in [5.74, 6) is -1.00. The van der Waals surface area contributed by atoms with Gasteiger partial charge >= 0.3 is 17.9 Å². The van der Waals surface area contributed by atoms with Crippen molar-refractivity contribution in [1.82, 2.24) is 0 Å². The fraction of sp³-hybridized carbons (Fsp3) is 0.672. The molecule has 0 aromatic heterocycles. The van der Waals surface area contributed by atoms with Crippen molar-refractivity contribution in [3.63, 3.8) is 0 Å². The van der Waals surface area contributed by atoms with Crippen LogP contribution < -0.4 is 0 Å². The first kappa shape index (κ1) is 60.3. The zero-order chi connectivity index (χ0) is 46.5. The molecule has 0 aliphatic carbocycles. The summed E-state index contributed by atoms with van der Waals surface area (Å²) in [7, 11) is 0. The maximum Gasteiger partial charge on any atom is 0.306 e. The minimum absolute atomic E-state index is 0.112. The van der Waals surface area contributed by atoms with Crippen molar-refractivity contribution in [2.45, 2.75) is 239 Å². The maximum atomic E-state index is 12.8. The van der Waals surface area contributed by atoms with Crippen LogP contribution in [-0.4, -0.2) is 37.2 Å². The summed E-state index contributed by atoms with van der Waals surface area (Å²) in [5, 5.41) is 0. The molecule has 0 amide bonds. The highest BCUT2D eigenvalue weighted by atomic mass is 16.6. The molecule has 0 heterocycles. The summed E-state index contributed by atoms with van der Waals surface area (Å²) < 4.78 is 16.7. The molecular weight excluding hydrogens is 793 g/mol. The van der Waals surface area contributed by atoms with Gasteiger partial charge in [0.25, 0.3) is 0 Å². The number of esters is 3. The predicted octanol–water partition coefficient (Wildman–Crippen LogP) is 17.4. The zero-order valence-corrected chi connectivity index (χ0v) is 41.5. The molecule has 364 valence electrons. The Morgan fingerprint density at radius 2 is 0.672 bits per heavy atom. The molecule has 1 atom stereocenters. The van der Waals surface area contributed by atoms with Crippen molar-refractivity contribution in [1.29, 1.82) is 0 Å². The smallest absolute Gasteiger partial charge is 0.306 e. The third-order valence-corrected chi connectivity index (χ3v) is 10.9. The lowest BCUT2D eigenvalue weighted by Gasteiger charge is -2.18. The summed E-state index contributed by atoms with van der Waals surface area (Å²) in [6, 6.07) is 0. The highest BCUT2D eigenvalue weighted by Crippen LogP contribution is 2.12. The number of ether oxygens (including phenoxy) is 3. The number of carbonyl (C=O) groups is 3. The van der Waals surface area contributed by atoms with Gasteiger partial charge in [-0.05, 0) is 103 Å². The minimum atomic E-state index is -0.816. The van der Waals surface area contributed by atoms with E-state index in [1.807, 2.05) is 0 Å². The van der Waals surface area contributed by atoms with Gasteiger partial charge in [-0.3, -0.25) is 14.4 Å². The van der Waals surface area contributed by atoms with E-state index in [2.05, 4.69) is 118 Å². The molecule has 0 saturated heterocycles. The van der Waals surface area contributed by atoms with E-state index in [9.17, 15) is 14.4 Å². The van der Waals surface area contributed by atoms with E-state index in [1.165, 1.54) is 77.0 Å². The Hall–Kier alpha value is -3.67. The molecule has 1 unspecified atom stereocenters. The number of allylic oxidation sites excluding steroid dienone is 16. The van der Waals surface area contributed by atoms with E-state index in [0.717, 1.165) is 116 Å². The van der Waals surface area contributed by atoms with E-state index in [0.29, 0.717) is 12.8 Å². The quantitative estimate of drug-likeness (QED) is 0.0199. The lowest BCUT2D eigenvalue weighted by molar-refractivity contribution is -0.167. The molecule has 6 heteroatoms. The van der Waals surface area contributed by atoms with E-state index in [1.54, 1.807) is 0 Å². The first-order valence-corrected chi connectivity index (χ1v) is 26.3. The van der Waals surface area contributed by atoms with Gasteiger partial charge in [-0.15, -0.1) is 0 Å². The highest BCUT2D eigenvalue weighted by molar-refractivity contribution is 5.71. The summed E-state index contributed by atoms with van der Waals surface area (Å²) in [5.41, 5.74) is 0. The van der Waals surface area contributed by atoms with Crippen LogP contribution in [0, 0.1) is 0 Å². The summed E-state index contributed by atoms with van der Waals surface area (Å²) >= 11 is 0. The molecule has 0 radical (unpaired) electrons. The van der Waals surface area contributed by atoms with Gasteiger partial charge in [0, 0.05) is 19.3 Å². The van der Waals surface area contributed by atoms with Gasteiger partial charge in [0.05, 0.1) is 0 Å². The molecule has 64 heavy (non-hydrogen) atoms. The van der Waals surface area contributed by atoms with Gasteiger partial charge in [0.2, 0.25) is 0 Å². The fourth-order valence-corrected chi connectivity index (χ4v) is 6.92.